The van der Waals surface area contributed by atoms with Gasteiger partial charge in [-0.05, 0) is 19.8 Å². The lowest BCUT2D eigenvalue weighted by Crippen LogP contribution is -2.52. The normalized spacial score (nSPS) is 19.9. The molecule has 15 heavy (non-hydrogen) atoms. The van der Waals surface area contributed by atoms with E-state index in [-0.39, 0.29) is 19.1 Å². The summed E-state index contributed by atoms with van der Waals surface area (Å²) in [6.45, 7) is 3.31. The van der Waals surface area contributed by atoms with E-state index < -0.39 is 6.10 Å². The van der Waals surface area contributed by atoms with Crippen molar-refractivity contribution in [3.05, 3.63) is 0 Å². The summed E-state index contributed by atoms with van der Waals surface area (Å²) >= 11 is 0. The van der Waals surface area contributed by atoms with Gasteiger partial charge in [0, 0.05) is 13.1 Å². The van der Waals surface area contributed by atoms with Crippen LogP contribution >= 0.6 is 0 Å². The SMILES string of the molecule is CC(O)C(=O)N(CCO)N1CCCCC1. The molecule has 5 heteroatoms. The quantitative estimate of drug-likeness (QED) is 0.670. The molecular formula is C10H20N2O3. The number of rotatable bonds is 4. The zero-order valence-corrected chi connectivity index (χ0v) is 9.22. The number of carbonyl (C=O) groups excluding carboxylic acids is 1. The Bertz CT molecular complexity index is 203. The molecule has 0 aromatic heterocycles. The molecule has 1 unspecified atom stereocenters. The summed E-state index contributed by atoms with van der Waals surface area (Å²) in [6, 6.07) is 0. The lowest BCUT2D eigenvalue weighted by atomic mass is 10.1. The number of aliphatic hydroxyl groups excluding tert-OH is 2. The molecule has 1 amide bonds. The number of hydrazine groups is 1. The van der Waals surface area contributed by atoms with E-state index in [1.807, 2.05) is 5.01 Å². The van der Waals surface area contributed by atoms with E-state index in [4.69, 9.17) is 5.11 Å². The molecule has 0 saturated carbocycles. The molecule has 1 atom stereocenters. The Hall–Kier alpha value is -0.650. The molecule has 1 aliphatic heterocycles. The van der Waals surface area contributed by atoms with Gasteiger partial charge in [0.2, 0.25) is 0 Å². The van der Waals surface area contributed by atoms with Gasteiger partial charge in [-0.15, -0.1) is 0 Å². The maximum absolute atomic E-state index is 11.7. The smallest absolute Gasteiger partial charge is 0.265 e. The topological polar surface area (TPSA) is 64.0 Å². The Kier molecular flexibility index (Phi) is 5.01. The van der Waals surface area contributed by atoms with Crippen molar-refractivity contribution in [1.29, 1.82) is 0 Å². The van der Waals surface area contributed by atoms with Gasteiger partial charge in [-0.3, -0.25) is 9.80 Å². The van der Waals surface area contributed by atoms with E-state index in [2.05, 4.69) is 0 Å². The van der Waals surface area contributed by atoms with Gasteiger partial charge in [0.1, 0.15) is 6.10 Å². The minimum atomic E-state index is -1.00. The summed E-state index contributed by atoms with van der Waals surface area (Å²) in [5, 5.41) is 21.5. The molecule has 0 radical (unpaired) electrons. The molecule has 0 spiro atoms. The van der Waals surface area contributed by atoms with Crippen LogP contribution in [0.4, 0.5) is 0 Å². The Morgan fingerprint density at radius 3 is 2.47 bits per heavy atom. The van der Waals surface area contributed by atoms with Crippen LogP contribution in [-0.4, -0.2) is 58.5 Å². The van der Waals surface area contributed by atoms with Crippen LogP contribution in [0, 0.1) is 0 Å². The van der Waals surface area contributed by atoms with Crippen LogP contribution in [0.2, 0.25) is 0 Å². The molecule has 0 aromatic carbocycles. The van der Waals surface area contributed by atoms with Crippen LogP contribution in [0.5, 0.6) is 0 Å². The second-order valence-electron chi connectivity index (χ2n) is 3.88. The molecule has 2 N–H and O–H groups in total. The molecule has 0 aliphatic carbocycles. The third-order valence-electron chi connectivity index (χ3n) is 2.60. The number of piperidine rings is 1. The molecular weight excluding hydrogens is 196 g/mol. The van der Waals surface area contributed by atoms with Gasteiger partial charge >= 0.3 is 0 Å². The van der Waals surface area contributed by atoms with Crippen LogP contribution < -0.4 is 0 Å². The number of amides is 1. The van der Waals surface area contributed by atoms with Crippen molar-refractivity contribution < 1.29 is 15.0 Å². The molecule has 1 fully saturated rings. The van der Waals surface area contributed by atoms with Crippen LogP contribution in [0.1, 0.15) is 26.2 Å². The zero-order chi connectivity index (χ0) is 11.3. The van der Waals surface area contributed by atoms with Crippen molar-refractivity contribution in [2.24, 2.45) is 0 Å². The van der Waals surface area contributed by atoms with Crippen molar-refractivity contribution in [2.45, 2.75) is 32.3 Å². The monoisotopic (exact) mass is 216 g/mol. The summed E-state index contributed by atoms with van der Waals surface area (Å²) in [6.07, 6.45) is 2.31. The van der Waals surface area contributed by atoms with Crippen molar-refractivity contribution in [1.82, 2.24) is 10.0 Å². The first-order valence-corrected chi connectivity index (χ1v) is 5.52. The number of carbonyl (C=O) groups is 1. The fourth-order valence-electron chi connectivity index (χ4n) is 1.82. The van der Waals surface area contributed by atoms with E-state index in [1.165, 1.54) is 18.4 Å². The minimum Gasteiger partial charge on any atom is -0.394 e. The number of hydrogen-bond donors (Lipinski definition) is 2. The Morgan fingerprint density at radius 2 is 2.00 bits per heavy atom. The summed E-state index contributed by atoms with van der Waals surface area (Å²) < 4.78 is 0. The third-order valence-corrected chi connectivity index (χ3v) is 2.60. The van der Waals surface area contributed by atoms with E-state index in [0.29, 0.717) is 0 Å². The first-order chi connectivity index (χ1) is 7.16. The standard InChI is InChI=1S/C10H20N2O3/c1-9(14)10(15)12(7-8-13)11-5-3-2-4-6-11/h9,13-14H,2-8H2,1H3. The molecule has 0 aromatic rings. The fraction of sp³-hybridized carbons (Fsp3) is 0.900. The highest BCUT2D eigenvalue weighted by Crippen LogP contribution is 2.12. The van der Waals surface area contributed by atoms with Gasteiger partial charge in [0.05, 0.1) is 13.2 Å². The fourth-order valence-corrected chi connectivity index (χ4v) is 1.82. The van der Waals surface area contributed by atoms with Crippen LogP contribution in [0.3, 0.4) is 0 Å². The highest BCUT2D eigenvalue weighted by Gasteiger charge is 2.25. The second-order valence-corrected chi connectivity index (χ2v) is 3.88. The molecule has 1 aliphatic rings. The highest BCUT2D eigenvalue weighted by molar-refractivity contribution is 5.79. The number of aliphatic hydroxyl groups is 2. The van der Waals surface area contributed by atoms with Gasteiger partial charge in [0.15, 0.2) is 0 Å². The number of nitrogens with zero attached hydrogens (tertiary/aromatic N) is 2. The van der Waals surface area contributed by atoms with E-state index in [1.54, 1.807) is 0 Å². The maximum Gasteiger partial charge on any atom is 0.265 e. The van der Waals surface area contributed by atoms with Gasteiger partial charge in [-0.25, -0.2) is 5.01 Å². The molecule has 1 rings (SSSR count). The molecule has 88 valence electrons. The molecule has 1 saturated heterocycles. The predicted octanol–water partition coefficient (Wildman–Crippen LogP) is -0.411. The van der Waals surface area contributed by atoms with Crippen molar-refractivity contribution >= 4 is 5.91 Å². The van der Waals surface area contributed by atoms with Gasteiger partial charge < -0.3 is 10.2 Å². The summed E-state index contributed by atoms with van der Waals surface area (Å²) in [7, 11) is 0. The van der Waals surface area contributed by atoms with Crippen LogP contribution in [0.25, 0.3) is 0 Å². The maximum atomic E-state index is 11.7. The second kappa shape index (κ2) is 6.05. The average Bonchev–Trinajstić information content (AvgIpc) is 2.26. The van der Waals surface area contributed by atoms with Crippen LogP contribution in [0.15, 0.2) is 0 Å². The van der Waals surface area contributed by atoms with Crippen molar-refractivity contribution in [3.63, 3.8) is 0 Å². The summed E-state index contributed by atoms with van der Waals surface area (Å²) in [4.78, 5) is 11.7. The molecule has 1 heterocycles. The van der Waals surface area contributed by atoms with E-state index in [0.717, 1.165) is 25.9 Å². The predicted molar refractivity (Wildman–Crippen MR) is 55.9 cm³/mol. The van der Waals surface area contributed by atoms with Gasteiger partial charge in [0.25, 0.3) is 5.91 Å². The first kappa shape index (κ1) is 12.4. The van der Waals surface area contributed by atoms with Gasteiger partial charge in [-0.1, -0.05) is 6.42 Å². The Labute approximate surface area is 90.3 Å². The van der Waals surface area contributed by atoms with Gasteiger partial charge in [-0.2, -0.15) is 0 Å². The summed E-state index contributed by atoms with van der Waals surface area (Å²) in [5.74, 6) is -0.328. The highest BCUT2D eigenvalue weighted by atomic mass is 16.3. The first-order valence-electron chi connectivity index (χ1n) is 5.52. The zero-order valence-electron chi connectivity index (χ0n) is 9.22. The Morgan fingerprint density at radius 1 is 1.40 bits per heavy atom. The largest absolute Gasteiger partial charge is 0.394 e. The van der Waals surface area contributed by atoms with Crippen molar-refractivity contribution in [3.8, 4) is 0 Å². The number of hydrogen-bond acceptors (Lipinski definition) is 4. The Balaban J connectivity index is 2.58. The average molecular weight is 216 g/mol. The molecule has 0 bridgehead atoms. The van der Waals surface area contributed by atoms with Crippen LogP contribution in [-0.2, 0) is 4.79 Å². The lowest BCUT2D eigenvalue weighted by Gasteiger charge is -2.37. The summed E-state index contributed by atoms with van der Waals surface area (Å²) in [5.41, 5.74) is 0. The van der Waals surface area contributed by atoms with E-state index in [9.17, 15) is 9.90 Å². The van der Waals surface area contributed by atoms with Crippen molar-refractivity contribution in [2.75, 3.05) is 26.2 Å². The minimum absolute atomic E-state index is 0.0744. The lowest BCUT2D eigenvalue weighted by molar-refractivity contribution is -0.160. The third kappa shape index (κ3) is 3.44. The van der Waals surface area contributed by atoms with E-state index >= 15 is 0 Å². The molecule has 5 nitrogen and oxygen atoms in total.